The van der Waals surface area contributed by atoms with Gasteiger partial charge in [0, 0.05) is 17.5 Å². The molecule has 2 aliphatic rings. The zero-order valence-electron chi connectivity index (χ0n) is 14.1. The van der Waals surface area contributed by atoms with Gasteiger partial charge in [-0.05, 0) is 43.7 Å². The molecule has 2 aliphatic carbocycles. The third-order valence-corrected chi connectivity index (χ3v) is 5.27. The number of benzene rings is 1. The van der Waals surface area contributed by atoms with Gasteiger partial charge >= 0.3 is 0 Å². The van der Waals surface area contributed by atoms with Crippen LogP contribution in [0.25, 0.3) is 11.5 Å². The second kappa shape index (κ2) is 6.42. The van der Waals surface area contributed by atoms with Crippen LogP contribution in [0.4, 0.5) is 0 Å². The predicted molar refractivity (Wildman–Crippen MR) is 92.8 cm³/mol. The number of nitrogens with one attached hydrogen (secondary N) is 1. The standard InChI is InChI=1S/C20H24N2O2/c1-13-7-5-6-10-16(13)21-19(23)17-18(14-11-12-14)24-20(22-17)15-8-3-2-4-9-15/h2-4,8-9,13-14,16H,5-7,10-12H2,1H3,(H,21,23). The fourth-order valence-electron chi connectivity index (χ4n) is 3.59. The number of hydrogen-bond acceptors (Lipinski definition) is 3. The van der Waals surface area contributed by atoms with E-state index in [9.17, 15) is 4.79 Å². The monoisotopic (exact) mass is 324 g/mol. The van der Waals surface area contributed by atoms with Crippen LogP contribution in [0.5, 0.6) is 0 Å². The van der Waals surface area contributed by atoms with Crippen LogP contribution < -0.4 is 5.32 Å². The first-order valence-electron chi connectivity index (χ1n) is 9.09. The molecule has 24 heavy (non-hydrogen) atoms. The van der Waals surface area contributed by atoms with Gasteiger partial charge < -0.3 is 9.73 Å². The maximum absolute atomic E-state index is 12.8. The Kier molecular flexibility index (Phi) is 4.13. The molecule has 4 rings (SSSR count). The molecule has 2 saturated carbocycles. The van der Waals surface area contributed by atoms with E-state index in [4.69, 9.17) is 4.42 Å². The van der Waals surface area contributed by atoms with Crippen LogP contribution in [-0.2, 0) is 0 Å². The van der Waals surface area contributed by atoms with Crippen molar-refractivity contribution in [2.45, 2.75) is 57.4 Å². The quantitative estimate of drug-likeness (QED) is 0.899. The van der Waals surface area contributed by atoms with Crippen LogP contribution in [0.1, 0.15) is 67.6 Å². The summed E-state index contributed by atoms with van der Waals surface area (Å²) in [6.45, 7) is 2.23. The Labute approximate surface area is 142 Å². The molecule has 1 aromatic carbocycles. The van der Waals surface area contributed by atoms with Crippen LogP contribution in [-0.4, -0.2) is 16.9 Å². The van der Waals surface area contributed by atoms with Crippen molar-refractivity contribution in [1.29, 1.82) is 0 Å². The third kappa shape index (κ3) is 3.10. The largest absolute Gasteiger partial charge is 0.440 e. The Morgan fingerprint density at radius 3 is 2.58 bits per heavy atom. The van der Waals surface area contributed by atoms with Gasteiger partial charge in [-0.3, -0.25) is 4.79 Å². The summed E-state index contributed by atoms with van der Waals surface area (Å²) in [4.78, 5) is 17.4. The molecule has 1 aromatic heterocycles. The van der Waals surface area contributed by atoms with Crippen LogP contribution in [0.3, 0.4) is 0 Å². The highest BCUT2D eigenvalue weighted by atomic mass is 16.4. The lowest BCUT2D eigenvalue weighted by molar-refractivity contribution is 0.0903. The number of hydrogen-bond donors (Lipinski definition) is 1. The van der Waals surface area contributed by atoms with Crippen molar-refractivity contribution in [2.75, 3.05) is 0 Å². The molecule has 4 nitrogen and oxygen atoms in total. The molecule has 2 fully saturated rings. The molecular weight excluding hydrogens is 300 g/mol. The summed E-state index contributed by atoms with van der Waals surface area (Å²) < 4.78 is 5.99. The van der Waals surface area contributed by atoms with Gasteiger partial charge in [-0.2, -0.15) is 0 Å². The van der Waals surface area contributed by atoms with E-state index >= 15 is 0 Å². The zero-order valence-corrected chi connectivity index (χ0v) is 14.1. The molecule has 0 saturated heterocycles. The fourth-order valence-corrected chi connectivity index (χ4v) is 3.59. The molecule has 0 aliphatic heterocycles. The van der Waals surface area contributed by atoms with Crippen molar-refractivity contribution >= 4 is 5.91 Å². The maximum atomic E-state index is 12.8. The van der Waals surface area contributed by atoms with Gasteiger partial charge in [0.15, 0.2) is 5.69 Å². The van der Waals surface area contributed by atoms with Gasteiger partial charge in [0.1, 0.15) is 5.76 Å². The SMILES string of the molecule is CC1CCCCC1NC(=O)c1nc(-c2ccccc2)oc1C1CC1. The molecule has 126 valence electrons. The molecule has 4 heteroatoms. The zero-order chi connectivity index (χ0) is 16.5. The third-order valence-electron chi connectivity index (χ3n) is 5.27. The number of rotatable bonds is 4. The number of carbonyl (C=O) groups excluding carboxylic acids is 1. The lowest BCUT2D eigenvalue weighted by Crippen LogP contribution is -2.41. The predicted octanol–water partition coefficient (Wildman–Crippen LogP) is 4.53. The lowest BCUT2D eigenvalue weighted by atomic mass is 9.86. The van der Waals surface area contributed by atoms with Gasteiger partial charge in [0.2, 0.25) is 5.89 Å². The Morgan fingerprint density at radius 2 is 1.88 bits per heavy atom. The first-order chi connectivity index (χ1) is 11.7. The van der Waals surface area contributed by atoms with E-state index in [1.54, 1.807) is 0 Å². The molecule has 2 aromatic rings. The second-order valence-electron chi connectivity index (χ2n) is 7.21. The highest BCUT2D eigenvalue weighted by Crippen LogP contribution is 2.43. The van der Waals surface area contributed by atoms with Crippen LogP contribution in [0, 0.1) is 5.92 Å². The summed E-state index contributed by atoms with van der Waals surface area (Å²) in [5.41, 5.74) is 1.42. The highest BCUT2D eigenvalue weighted by molar-refractivity contribution is 5.94. The average molecular weight is 324 g/mol. The second-order valence-corrected chi connectivity index (χ2v) is 7.21. The lowest BCUT2D eigenvalue weighted by Gasteiger charge is -2.29. The summed E-state index contributed by atoms with van der Waals surface area (Å²) in [6.07, 6.45) is 6.89. The van der Waals surface area contributed by atoms with Crippen LogP contribution in [0.15, 0.2) is 34.7 Å². The van der Waals surface area contributed by atoms with Crippen molar-refractivity contribution in [3.8, 4) is 11.5 Å². The van der Waals surface area contributed by atoms with Crippen LogP contribution in [0.2, 0.25) is 0 Å². The van der Waals surface area contributed by atoms with E-state index in [-0.39, 0.29) is 11.9 Å². The number of amides is 1. The van der Waals surface area contributed by atoms with Gasteiger partial charge in [-0.15, -0.1) is 0 Å². The minimum Gasteiger partial charge on any atom is -0.440 e. The minimum atomic E-state index is -0.0680. The highest BCUT2D eigenvalue weighted by Gasteiger charge is 2.35. The molecule has 1 heterocycles. The van der Waals surface area contributed by atoms with Crippen molar-refractivity contribution in [2.24, 2.45) is 5.92 Å². The normalized spacial score (nSPS) is 23.9. The van der Waals surface area contributed by atoms with Crippen molar-refractivity contribution in [3.05, 3.63) is 41.8 Å². The number of carbonyl (C=O) groups is 1. The van der Waals surface area contributed by atoms with Gasteiger partial charge in [-0.1, -0.05) is 38.0 Å². The molecular formula is C20H24N2O2. The number of nitrogens with zero attached hydrogens (tertiary/aromatic N) is 1. The molecule has 2 unspecified atom stereocenters. The maximum Gasteiger partial charge on any atom is 0.273 e. The average Bonchev–Trinajstić information content (AvgIpc) is 3.36. The van der Waals surface area contributed by atoms with Gasteiger partial charge in [0.05, 0.1) is 0 Å². The number of oxazole rings is 1. The van der Waals surface area contributed by atoms with Gasteiger partial charge in [-0.25, -0.2) is 4.98 Å². The summed E-state index contributed by atoms with van der Waals surface area (Å²) in [6, 6.07) is 10.1. The summed E-state index contributed by atoms with van der Waals surface area (Å²) in [5.74, 6) is 2.16. The van der Waals surface area contributed by atoms with E-state index in [1.807, 2.05) is 30.3 Å². The molecule has 0 bridgehead atoms. The smallest absolute Gasteiger partial charge is 0.273 e. The van der Waals surface area contributed by atoms with Gasteiger partial charge in [0.25, 0.3) is 5.91 Å². The Balaban J connectivity index is 1.59. The van der Waals surface area contributed by atoms with E-state index in [2.05, 4.69) is 17.2 Å². The molecule has 2 atom stereocenters. The Bertz CT molecular complexity index is 718. The first-order valence-corrected chi connectivity index (χ1v) is 9.09. The summed E-state index contributed by atoms with van der Waals surface area (Å²) in [5, 5.41) is 3.21. The van der Waals surface area contributed by atoms with E-state index in [0.717, 1.165) is 30.6 Å². The first kappa shape index (κ1) is 15.4. The summed E-state index contributed by atoms with van der Waals surface area (Å²) >= 11 is 0. The minimum absolute atomic E-state index is 0.0680. The Hall–Kier alpha value is -2.10. The topological polar surface area (TPSA) is 55.1 Å². The molecule has 1 N–H and O–H groups in total. The molecule has 0 radical (unpaired) electrons. The number of aromatic nitrogens is 1. The Morgan fingerprint density at radius 1 is 1.12 bits per heavy atom. The van der Waals surface area contributed by atoms with E-state index in [1.165, 1.54) is 19.3 Å². The van der Waals surface area contributed by atoms with E-state index < -0.39 is 0 Å². The van der Waals surface area contributed by atoms with Crippen molar-refractivity contribution in [3.63, 3.8) is 0 Å². The van der Waals surface area contributed by atoms with Crippen LogP contribution >= 0.6 is 0 Å². The van der Waals surface area contributed by atoms with E-state index in [0.29, 0.717) is 23.4 Å². The fraction of sp³-hybridized carbons (Fsp3) is 0.500. The summed E-state index contributed by atoms with van der Waals surface area (Å²) in [7, 11) is 0. The van der Waals surface area contributed by atoms with Crippen molar-refractivity contribution < 1.29 is 9.21 Å². The molecule has 0 spiro atoms. The molecule has 1 amide bonds. The van der Waals surface area contributed by atoms with Crippen molar-refractivity contribution in [1.82, 2.24) is 10.3 Å².